The van der Waals surface area contributed by atoms with Gasteiger partial charge >= 0.3 is 0 Å². The van der Waals surface area contributed by atoms with Crippen LogP contribution < -0.4 is 10.9 Å². The number of nitrogens with one attached hydrogen (secondary N) is 1. The standard InChI is InChI=1S/C17H18ClN3O2/c1-11(17(23)19-10-12-5-7-14(18)8-6-12)21-16(22)9-13-3-2-4-15(13)20-21/h5-9,11H,2-4,10H2,1H3,(H,19,23). The van der Waals surface area contributed by atoms with Crippen LogP contribution in [-0.2, 0) is 24.2 Å². The Balaban J connectivity index is 1.70. The maximum absolute atomic E-state index is 12.3. The van der Waals surface area contributed by atoms with Crippen molar-refractivity contribution in [1.82, 2.24) is 15.1 Å². The monoisotopic (exact) mass is 331 g/mol. The van der Waals surface area contributed by atoms with Crippen molar-refractivity contribution in [2.45, 2.75) is 38.8 Å². The molecule has 23 heavy (non-hydrogen) atoms. The summed E-state index contributed by atoms with van der Waals surface area (Å²) >= 11 is 5.83. The highest BCUT2D eigenvalue weighted by Gasteiger charge is 2.21. The predicted octanol–water partition coefficient (Wildman–Crippen LogP) is 2.26. The zero-order valence-corrected chi connectivity index (χ0v) is 13.6. The van der Waals surface area contributed by atoms with Crippen molar-refractivity contribution in [2.24, 2.45) is 0 Å². The number of fused-ring (bicyclic) bond motifs is 1. The molecule has 3 rings (SSSR count). The van der Waals surface area contributed by atoms with E-state index < -0.39 is 6.04 Å². The second-order valence-electron chi connectivity index (χ2n) is 5.77. The van der Waals surface area contributed by atoms with Gasteiger partial charge in [-0.15, -0.1) is 0 Å². The molecule has 1 aliphatic rings. The summed E-state index contributed by atoms with van der Waals surface area (Å²) in [4.78, 5) is 24.4. The zero-order valence-electron chi connectivity index (χ0n) is 12.9. The fourth-order valence-electron chi connectivity index (χ4n) is 2.74. The van der Waals surface area contributed by atoms with Gasteiger partial charge in [-0.05, 0) is 49.4 Å². The molecule has 0 spiro atoms. The van der Waals surface area contributed by atoms with E-state index in [1.165, 1.54) is 4.68 Å². The van der Waals surface area contributed by atoms with Gasteiger partial charge in [0.2, 0.25) is 5.91 Å². The Morgan fingerprint density at radius 3 is 2.83 bits per heavy atom. The van der Waals surface area contributed by atoms with Crippen molar-refractivity contribution in [1.29, 1.82) is 0 Å². The molecule has 1 aromatic carbocycles. The molecule has 6 heteroatoms. The maximum Gasteiger partial charge on any atom is 0.267 e. The Labute approximate surface area is 139 Å². The van der Waals surface area contributed by atoms with Gasteiger partial charge in [0.25, 0.3) is 5.56 Å². The molecule has 1 atom stereocenters. The highest BCUT2D eigenvalue weighted by atomic mass is 35.5. The number of aromatic nitrogens is 2. The summed E-state index contributed by atoms with van der Waals surface area (Å²) < 4.78 is 1.28. The molecule has 0 bridgehead atoms. The Hall–Kier alpha value is -2.14. The molecular formula is C17H18ClN3O2. The third-order valence-corrected chi connectivity index (χ3v) is 4.36. The average molecular weight is 332 g/mol. The number of carbonyl (C=O) groups is 1. The van der Waals surface area contributed by atoms with Gasteiger partial charge in [0.1, 0.15) is 6.04 Å². The van der Waals surface area contributed by atoms with E-state index in [0.717, 1.165) is 36.1 Å². The summed E-state index contributed by atoms with van der Waals surface area (Å²) in [5.74, 6) is -0.229. The molecule has 0 saturated heterocycles. The summed E-state index contributed by atoms with van der Waals surface area (Å²) in [5.41, 5.74) is 2.67. The van der Waals surface area contributed by atoms with Gasteiger partial charge in [-0.1, -0.05) is 23.7 Å². The van der Waals surface area contributed by atoms with Gasteiger partial charge in [0.05, 0.1) is 5.69 Å². The number of rotatable bonds is 4. The minimum atomic E-state index is -0.638. The Morgan fingerprint density at radius 1 is 1.35 bits per heavy atom. The molecule has 120 valence electrons. The molecule has 0 aliphatic heterocycles. The topological polar surface area (TPSA) is 64.0 Å². The first-order valence-corrected chi connectivity index (χ1v) is 8.06. The van der Waals surface area contributed by atoms with Crippen LogP contribution in [0, 0.1) is 0 Å². The van der Waals surface area contributed by atoms with Crippen LogP contribution in [0.1, 0.15) is 36.2 Å². The van der Waals surface area contributed by atoms with Crippen LogP contribution in [0.2, 0.25) is 5.02 Å². The van der Waals surface area contributed by atoms with Crippen molar-refractivity contribution in [3.05, 3.63) is 62.5 Å². The molecule has 0 saturated carbocycles. The molecule has 1 aliphatic carbocycles. The Bertz CT molecular complexity index is 783. The van der Waals surface area contributed by atoms with Crippen LogP contribution in [0.5, 0.6) is 0 Å². The second kappa shape index (κ2) is 6.54. The van der Waals surface area contributed by atoms with E-state index in [0.29, 0.717) is 11.6 Å². The first-order chi connectivity index (χ1) is 11.0. The van der Waals surface area contributed by atoms with E-state index in [1.54, 1.807) is 25.1 Å². The lowest BCUT2D eigenvalue weighted by atomic mass is 10.2. The number of aryl methyl sites for hydroxylation is 2. The van der Waals surface area contributed by atoms with Gasteiger partial charge in [0, 0.05) is 17.6 Å². The minimum absolute atomic E-state index is 0.222. The third kappa shape index (κ3) is 3.45. The van der Waals surface area contributed by atoms with Crippen LogP contribution in [-0.4, -0.2) is 15.7 Å². The number of hydrogen-bond donors (Lipinski definition) is 1. The van der Waals surface area contributed by atoms with Crippen molar-refractivity contribution in [2.75, 3.05) is 0 Å². The normalized spacial score (nSPS) is 14.3. The highest BCUT2D eigenvalue weighted by molar-refractivity contribution is 6.30. The summed E-state index contributed by atoms with van der Waals surface area (Å²) in [6, 6.07) is 8.23. The molecule has 1 unspecified atom stereocenters. The van der Waals surface area contributed by atoms with Crippen molar-refractivity contribution in [3.63, 3.8) is 0 Å². The van der Waals surface area contributed by atoms with E-state index in [-0.39, 0.29) is 11.5 Å². The quantitative estimate of drug-likeness (QED) is 0.934. The van der Waals surface area contributed by atoms with Gasteiger partial charge in [0.15, 0.2) is 0 Å². The fraction of sp³-hybridized carbons (Fsp3) is 0.353. The minimum Gasteiger partial charge on any atom is -0.350 e. The maximum atomic E-state index is 12.3. The molecule has 2 aromatic rings. The molecule has 0 fully saturated rings. The van der Waals surface area contributed by atoms with E-state index >= 15 is 0 Å². The largest absolute Gasteiger partial charge is 0.350 e. The van der Waals surface area contributed by atoms with Gasteiger partial charge < -0.3 is 5.32 Å². The lowest BCUT2D eigenvalue weighted by Crippen LogP contribution is -2.37. The number of benzene rings is 1. The van der Waals surface area contributed by atoms with Crippen LogP contribution in [0.3, 0.4) is 0 Å². The molecule has 0 radical (unpaired) electrons. The summed E-state index contributed by atoms with van der Waals surface area (Å²) in [5, 5.41) is 7.85. The molecule has 1 heterocycles. The molecule has 5 nitrogen and oxygen atoms in total. The van der Waals surface area contributed by atoms with E-state index in [1.807, 2.05) is 12.1 Å². The molecular weight excluding hydrogens is 314 g/mol. The molecule has 1 amide bonds. The van der Waals surface area contributed by atoms with Gasteiger partial charge in [-0.2, -0.15) is 5.10 Å². The number of halogens is 1. The highest BCUT2D eigenvalue weighted by Crippen LogP contribution is 2.18. The zero-order chi connectivity index (χ0) is 16.4. The molecule has 1 N–H and O–H groups in total. The van der Waals surface area contributed by atoms with Crippen molar-refractivity contribution in [3.8, 4) is 0 Å². The molecule has 1 aromatic heterocycles. The van der Waals surface area contributed by atoms with E-state index in [2.05, 4.69) is 10.4 Å². The lowest BCUT2D eigenvalue weighted by molar-refractivity contribution is -0.124. The van der Waals surface area contributed by atoms with E-state index in [9.17, 15) is 9.59 Å². The summed E-state index contributed by atoms with van der Waals surface area (Å²) in [6.45, 7) is 2.08. The number of amides is 1. The Kier molecular flexibility index (Phi) is 4.48. The Morgan fingerprint density at radius 2 is 2.09 bits per heavy atom. The van der Waals surface area contributed by atoms with Crippen LogP contribution >= 0.6 is 11.6 Å². The lowest BCUT2D eigenvalue weighted by Gasteiger charge is -2.15. The van der Waals surface area contributed by atoms with E-state index in [4.69, 9.17) is 11.6 Å². The smallest absolute Gasteiger partial charge is 0.267 e. The summed E-state index contributed by atoms with van der Waals surface area (Å²) in [6.07, 6.45) is 2.78. The third-order valence-electron chi connectivity index (χ3n) is 4.11. The second-order valence-corrected chi connectivity index (χ2v) is 6.21. The van der Waals surface area contributed by atoms with Gasteiger partial charge in [-0.3, -0.25) is 9.59 Å². The first-order valence-electron chi connectivity index (χ1n) is 7.68. The van der Waals surface area contributed by atoms with Crippen molar-refractivity contribution < 1.29 is 4.79 Å². The van der Waals surface area contributed by atoms with Crippen molar-refractivity contribution >= 4 is 17.5 Å². The SMILES string of the molecule is CC(C(=O)NCc1ccc(Cl)cc1)n1nc2c(cc1=O)CCC2. The predicted molar refractivity (Wildman–Crippen MR) is 88.5 cm³/mol. The number of hydrogen-bond acceptors (Lipinski definition) is 3. The van der Waals surface area contributed by atoms with Crippen LogP contribution in [0.4, 0.5) is 0 Å². The average Bonchev–Trinajstić information content (AvgIpc) is 2.99. The number of nitrogens with zero attached hydrogens (tertiary/aromatic N) is 2. The fourth-order valence-corrected chi connectivity index (χ4v) is 2.87. The number of carbonyl (C=O) groups excluding carboxylic acids is 1. The van der Waals surface area contributed by atoms with Gasteiger partial charge in [-0.25, -0.2) is 4.68 Å². The van der Waals surface area contributed by atoms with Crippen LogP contribution in [0.15, 0.2) is 35.1 Å². The first kappa shape index (κ1) is 15.7. The van der Waals surface area contributed by atoms with Crippen LogP contribution in [0.25, 0.3) is 0 Å². The summed E-state index contributed by atoms with van der Waals surface area (Å²) in [7, 11) is 0.